The molecule has 2 aromatic rings. The fourth-order valence-corrected chi connectivity index (χ4v) is 1.76. The van der Waals surface area contributed by atoms with E-state index in [0.717, 1.165) is 0 Å². The van der Waals surface area contributed by atoms with Gasteiger partial charge >= 0.3 is 5.97 Å². The van der Waals surface area contributed by atoms with Crippen molar-refractivity contribution in [1.82, 2.24) is 9.78 Å². The van der Waals surface area contributed by atoms with Gasteiger partial charge in [-0.3, -0.25) is 9.48 Å². The minimum Gasteiger partial charge on any atom is -0.480 e. The van der Waals surface area contributed by atoms with E-state index in [0.29, 0.717) is 5.52 Å². The molecule has 7 nitrogen and oxygen atoms in total. The number of aromatic nitrogens is 2. The number of rotatable bonds is 5. The van der Waals surface area contributed by atoms with Crippen molar-refractivity contribution in [3.8, 4) is 0 Å². The van der Waals surface area contributed by atoms with Crippen LogP contribution in [0.4, 0.5) is 10.2 Å². The molecule has 0 radical (unpaired) electrons. The molecule has 1 aromatic heterocycles. The van der Waals surface area contributed by atoms with Gasteiger partial charge in [-0.05, 0) is 12.1 Å². The number of aliphatic carboxylic acids is 1. The predicted octanol–water partition coefficient (Wildman–Crippen LogP) is 0.752. The molecule has 0 unspecified atom stereocenters. The lowest BCUT2D eigenvalue weighted by Crippen LogP contribution is -2.21. The van der Waals surface area contributed by atoms with Gasteiger partial charge in [0.05, 0.1) is 10.9 Å². The lowest BCUT2D eigenvalue weighted by molar-refractivity contribution is -0.143. The Morgan fingerprint density at radius 1 is 1.45 bits per heavy atom. The largest absolute Gasteiger partial charge is 0.480 e. The third-order valence-electron chi connectivity index (χ3n) is 2.54. The van der Waals surface area contributed by atoms with Crippen LogP contribution in [-0.2, 0) is 21.4 Å². The van der Waals surface area contributed by atoms with Crippen LogP contribution in [0, 0.1) is 5.82 Å². The van der Waals surface area contributed by atoms with Crippen LogP contribution in [0.25, 0.3) is 10.9 Å². The number of hydrogen-bond donors (Lipinski definition) is 2. The Bertz CT molecular complexity index is 668. The van der Waals surface area contributed by atoms with Crippen molar-refractivity contribution in [2.45, 2.75) is 0 Å². The number of carbonyl (C=O) groups excluding carboxylic acids is 1. The number of amides is 1. The quantitative estimate of drug-likeness (QED) is 0.843. The van der Waals surface area contributed by atoms with Crippen LogP contribution in [0.3, 0.4) is 0 Å². The first-order valence-corrected chi connectivity index (χ1v) is 5.69. The number of hydrogen-bond acceptors (Lipinski definition) is 4. The molecule has 0 saturated heterocycles. The second-order valence-corrected chi connectivity index (χ2v) is 4.04. The summed E-state index contributed by atoms with van der Waals surface area (Å²) in [5.74, 6) is -2.21. The van der Waals surface area contributed by atoms with Gasteiger partial charge in [0.25, 0.3) is 5.91 Å². The van der Waals surface area contributed by atoms with Crippen LogP contribution in [-0.4, -0.2) is 40.0 Å². The van der Waals surface area contributed by atoms with Gasteiger partial charge < -0.3 is 15.2 Å². The van der Waals surface area contributed by atoms with Crippen LogP contribution < -0.4 is 5.32 Å². The summed E-state index contributed by atoms with van der Waals surface area (Å²) in [6.45, 7) is -1.02. The average molecular weight is 281 g/mol. The van der Waals surface area contributed by atoms with Crippen LogP contribution in [0.15, 0.2) is 18.2 Å². The van der Waals surface area contributed by atoms with Crippen LogP contribution in [0.5, 0.6) is 0 Å². The van der Waals surface area contributed by atoms with E-state index in [1.807, 2.05) is 0 Å². The van der Waals surface area contributed by atoms with E-state index in [1.165, 1.54) is 10.7 Å². The maximum Gasteiger partial charge on any atom is 0.329 e. The number of anilines is 1. The molecule has 0 saturated carbocycles. The van der Waals surface area contributed by atoms with E-state index in [-0.39, 0.29) is 11.2 Å². The molecule has 20 heavy (non-hydrogen) atoms. The van der Waals surface area contributed by atoms with Gasteiger partial charge in [-0.15, -0.1) is 0 Å². The number of carboxylic acids is 1. The summed E-state index contributed by atoms with van der Waals surface area (Å²) in [6.07, 6.45) is 0. The number of benzene rings is 1. The summed E-state index contributed by atoms with van der Waals surface area (Å²) in [5.41, 5.74) is 0.534. The van der Waals surface area contributed by atoms with Gasteiger partial charge in [-0.1, -0.05) is 6.07 Å². The lowest BCUT2D eigenvalue weighted by Gasteiger charge is -2.02. The van der Waals surface area contributed by atoms with Gasteiger partial charge in [0, 0.05) is 7.05 Å². The number of carboxylic acid groups (broad SMARTS) is 1. The number of nitrogens with zero attached hydrogens (tertiary/aromatic N) is 2. The molecule has 0 atom stereocenters. The minimum absolute atomic E-state index is 0.0736. The molecule has 0 bridgehead atoms. The Balaban J connectivity index is 2.14. The second-order valence-electron chi connectivity index (χ2n) is 4.04. The molecule has 106 valence electrons. The number of fused-ring (bicyclic) bond motifs is 1. The molecule has 1 aromatic carbocycles. The van der Waals surface area contributed by atoms with Crippen molar-refractivity contribution in [3.63, 3.8) is 0 Å². The minimum atomic E-state index is -1.17. The molecular weight excluding hydrogens is 269 g/mol. The van der Waals surface area contributed by atoms with E-state index < -0.39 is 30.9 Å². The summed E-state index contributed by atoms with van der Waals surface area (Å²) in [5, 5.41) is 15.0. The first kappa shape index (κ1) is 13.9. The number of nitrogens with one attached hydrogen (secondary N) is 1. The van der Waals surface area contributed by atoms with Crippen molar-refractivity contribution < 1.29 is 23.8 Å². The van der Waals surface area contributed by atoms with Crippen LogP contribution in [0.2, 0.25) is 0 Å². The highest BCUT2D eigenvalue weighted by atomic mass is 19.1. The maximum absolute atomic E-state index is 13.8. The SMILES string of the molecule is Cn1nc(NC(=O)COCC(=O)O)c2c(F)cccc21. The van der Waals surface area contributed by atoms with Crippen molar-refractivity contribution >= 4 is 28.6 Å². The third-order valence-corrected chi connectivity index (χ3v) is 2.54. The summed E-state index contributed by atoms with van der Waals surface area (Å²) in [7, 11) is 1.62. The van der Waals surface area contributed by atoms with Crippen molar-refractivity contribution in [2.75, 3.05) is 18.5 Å². The highest BCUT2D eigenvalue weighted by molar-refractivity contribution is 6.00. The smallest absolute Gasteiger partial charge is 0.329 e. The third kappa shape index (κ3) is 2.91. The Hall–Kier alpha value is -2.48. The van der Waals surface area contributed by atoms with E-state index in [2.05, 4.69) is 15.2 Å². The van der Waals surface area contributed by atoms with E-state index >= 15 is 0 Å². The van der Waals surface area contributed by atoms with Gasteiger partial charge in [0.2, 0.25) is 0 Å². The first-order chi connectivity index (χ1) is 9.49. The summed E-state index contributed by atoms with van der Waals surface area (Å²) in [4.78, 5) is 21.8. The topological polar surface area (TPSA) is 93.5 Å². The molecule has 0 spiro atoms. The van der Waals surface area contributed by atoms with Gasteiger partial charge in [0.1, 0.15) is 19.0 Å². The zero-order valence-electron chi connectivity index (χ0n) is 10.6. The molecule has 2 rings (SSSR count). The number of carbonyl (C=O) groups is 2. The van der Waals surface area contributed by atoms with Crippen LogP contribution >= 0.6 is 0 Å². The van der Waals surface area contributed by atoms with Crippen molar-refractivity contribution in [3.05, 3.63) is 24.0 Å². The van der Waals surface area contributed by atoms with E-state index in [9.17, 15) is 14.0 Å². The molecular formula is C12H12FN3O4. The fraction of sp³-hybridized carbons (Fsp3) is 0.250. The van der Waals surface area contributed by atoms with Crippen molar-refractivity contribution in [2.24, 2.45) is 7.05 Å². The Kier molecular flexibility index (Phi) is 3.94. The molecule has 8 heteroatoms. The summed E-state index contributed by atoms with van der Waals surface area (Å²) < 4.78 is 19.8. The Labute approximate surface area is 112 Å². The predicted molar refractivity (Wildman–Crippen MR) is 67.8 cm³/mol. The average Bonchev–Trinajstić information content (AvgIpc) is 2.67. The maximum atomic E-state index is 13.8. The fourth-order valence-electron chi connectivity index (χ4n) is 1.76. The van der Waals surface area contributed by atoms with Gasteiger partial charge in [-0.25, -0.2) is 9.18 Å². The van der Waals surface area contributed by atoms with E-state index in [1.54, 1.807) is 19.2 Å². The zero-order valence-corrected chi connectivity index (χ0v) is 10.6. The molecule has 1 heterocycles. The molecule has 0 aliphatic heterocycles. The Morgan fingerprint density at radius 3 is 2.90 bits per heavy atom. The van der Waals surface area contributed by atoms with E-state index in [4.69, 9.17) is 5.11 Å². The monoisotopic (exact) mass is 281 g/mol. The zero-order chi connectivity index (χ0) is 14.7. The standard InChI is InChI=1S/C12H12FN3O4/c1-16-8-4-2-3-7(13)11(8)12(15-16)14-9(17)5-20-6-10(18)19/h2-4H,5-6H2,1H3,(H,18,19)(H,14,15,17). The van der Waals surface area contributed by atoms with Gasteiger partial charge in [-0.2, -0.15) is 5.10 Å². The number of ether oxygens (including phenoxy) is 1. The molecule has 2 N–H and O–H groups in total. The molecule has 0 aliphatic rings. The summed E-state index contributed by atoms with van der Waals surface area (Å²) >= 11 is 0. The molecule has 1 amide bonds. The molecule has 0 aliphatic carbocycles. The van der Waals surface area contributed by atoms with Crippen LogP contribution in [0.1, 0.15) is 0 Å². The van der Waals surface area contributed by atoms with Crippen molar-refractivity contribution in [1.29, 1.82) is 0 Å². The van der Waals surface area contributed by atoms with Gasteiger partial charge in [0.15, 0.2) is 5.82 Å². The highest BCUT2D eigenvalue weighted by Crippen LogP contribution is 2.24. The normalized spacial score (nSPS) is 10.7. The Morgan fingerprint density at radius 2 is 2.20 bits per heavy atom. The number of aryl methyl sites for hydroxylation is 1. The molecule has 0 fully saturated rings. The number of halogens is 1. The lowest BCUT2D eigenvalue weighted by atomic mass is 10.2. The second kappa shape index (κ2) is 5.66. The first-order valence-electron chi connectivity index (χ1n) is 5.69. The highest BCUT2D eigenvalue weighted by Gasteiger charge is 2.15. The summed E-state index contributed by atoms with van der Waals surface area (Å²) in [6, 6.07) is 4.48.